The van der Waals surface area contributed by atoms with Gasteiger partial charge in [0.2, 0.25) is 0 Å². The summed E-state index contributed by atoms with van der Waals surface area (Å²) in [5.41, 5.74) is 0.672. The van der Waals surface area contributed by atoms with Gasteiger partial charge in [-0.05, 0) is 42.5 Å². The van der Waals surface area contributed by atoms with Crippen LogP contribution in [0.5, 0.6) is 0 Å². The molecule has 2 aromatic carbocycles. The van der Waals surface area contributed by atoms with Gasteiger partial charge in [0.15, 0.2) is 0 Å². The lowest BCUT2D eigenvalue weighted by Gasteiger charge is -2.07. The molecule has 0 bridgehead atoms. The van der Waals surface area contributed by atoms with E-state index in [1.54, 1.807) is 36.0 Å². The molecule has 0 spiro atoms. The fourth-order valence-corrected chi connectivity index (χ4v) is 2.69. The zero-order chi connectivity index (χ0) is 15.1. The average Bonchev–Trinajstić information content (AvgIpc) is 2.45. The number of halogens is 2. The lowest BCUT2D eigenvalue weighted by Crippen LogP contribution is -2.30. The van der Waals surface area contributed by atoms with E-state index in [-0.39, 0.29) is 6.03 Å². The second kappa shape index (κ2) is 8.17. The van der Waals surface area contributed by atoms with Crippen LogP contribution in [0.3, 0.4) is 0 Å². The normalized spacial score (nSPS) is 10.2. The van der Waals surface area contributed by atoms with E-state index >= 15 is 0 Å². The summed E-state index contributed by atoms with van der Waals surface area (Å²) in [7, 11) is 0. The summed E-state index contributed by atoms with van der Waals surface area (Å²) >= 11 is 13.3. The van der Waals surface area contributed by atoms with Crippen molar-refractivity contribution in [2.24, 2.45) is 0 Å². The Kier molecular flexibility index (Phi) is 6.23. The van der Waals surface area contributed by atoms with Crippen molar-refractivity contribution in [1.82, 2.24) is 5.32 Å². The smallest absolute Gasteiger partial charge is 0.319 e. The van der Waals surface area contributed by atoms with Crippen LogP contribution < -0.4 is 10.6 Å². The summed E-state index contributed by atoms with van der Waals surface area (Å²) in [6.45, 7) is 0.569. The summed E-state index contributed by atoms with van der Waals surface area (Å²) in [6, 6.07) is 14.4. The molecule has 0 aliphatic carbocycles. The third kappa shape index (κ3) is 5.87. The molecule has 2 rings (SSSR count). The second-order valence-electron chi connectivity index (χ2n) is 4.19. The Bertz CT molecular complexity index is 605. The molecule has 21 heavy (non-hydrogen) atoms. The molecule has 0 fully saturated rings. The Balaban J connectivity index is 1.68. The third-order valence-corrected chi connectivity index (χ3v) is 4.05. The molecule has 110 valence electrons. The van der Waals surface area contributed by atoms with E-state index < -0.39 is 0 Å². The van der Waals surface area contributed by atoms with Gasteiger partial charge in [-0.1, -0.05) is 29.3 Å². The van der Waals surface area contributed by atoms with Gasteiger partial charge in [-0.2, -0.15) is 0 Å². The quantitative estimate of drug-likeness (QED) is 0.599. The number of hydrogen-bond donors (Lipinski definition) is 2. The minimum atomic E-state index is -0.242. The van der Waals surface area contributed by atoms with Gasteiger partial charge in [0, 0.05) is 32.9 Å². The summed E-state index contributed by atoms with van der Waals surface area (Å²) in [5, 5.41) is 6.83. The van der Waals surface area contributed by atoms with Crippen LogP contribution in [0.1, 0.15) is 0 Å². The zero-order valence-corrected chi connectivity index (χ0v) is 13.4. The SMILES string of the molecule is O=C(NCCSc1ccc(Cl)cc1)Nc1cccc(Cl)c1. The minimum Gasteiger partial charge on any atom is -0.337 e. The van der Waals surface area contributed by atoms with Gasteiger partial charge in [-0.3, -0.25) is 0 Å². The molecule has 0 heterocycles. The number of anilines is 1. The Morgan fingerprint density at radius 2 is 1.81 bits per heavy atom. The molecule has 0 atom stereocenters. The number of urea groups is 1. The van der Waals surface area contributed by atoms with Gasteiger partial charge in [-0.15, -0.1) is 11.8 Å². The summed E-state index contributed by atoms with van der Waals surface area (Å²) in [6.07, 6.45) is 0. The molecule has 3 nitrogen and oxygen atoms in total. The number of nitrogens with one attached hydrogen (secondary N) is 2. The molecule has 0 aliphatic rings. The fourth-order valence-electron chi connectivity index (χ4n) is 1.61. The van der Waals surface area contributed by atoms with Gasteiger partial charge < -0.3 is 10.6 Å². The van der Waals surface area contributed by atoms with Gasteiger partial charge in [0.25, 0.3) is 0 Å². The van der Waals surface area contributed by atoms with Gasteiger partial charge in [0.05, 0.1) is 0 Å². The van der Waals surface area contributed by atoms with Gasteiger partial charge in [-0.25, -0.2) is 4.79 Å². The highest BCUT2D eigenvalue weighted by molar-refractivity contribution is 7.99. The fraction of sp³-hybridized carbons (Fsp3) is 0.133. The number of carbonyl (C=O) groups excluding carboxylic acids is 1. The first-order chi connectivity index (χ1) is 10.1. The van der Waals surface area contributed by atoms with E-state index in [1.165, 1.54) is 0 Å². The summed E-state index contributed by atoms with van der Waals surface area (Å²) < 4.78 is 0. The molecule has 0 saturated heterocycles. The standard InChI is InChI=1S/C15H14Cl2N2OS/c16-11-4-6-14(7-5-11)21-9-8-18-15(20)19-13-3-1-2-12(17)10-13/h1-7,10H,8-9H2,(H2,18,19,20). The first-order valence-corrected chi connectivity index (χ1v) is 8.06. The minimum absolute atomic E-state index is 0.242. The van der Waals surface area contributed by atoms with Crippen LogP contribution in [0.15, 0.2) is 53.4 Å². The number of amides is 2. The van der Waals surface area contributed by atoms with Crippen molar-refractivity contribution >= 4 is 46.7 Å². The zero-order valence-electron chi connectivity index (χ0n) is 11.1. The third-order valence-electron chi connectivity index (χ3n) is 2.55. The Labute approximate surface area is 138 Å². The molecular weight excluding hydrogens is 327 g/mol. The molecule has 0 aliphatic heterocycles. The highest BCUT2D eigenvalue weighted by atomic mass is 35.5. The predicted octanol–water partition coefficient (Wildman–Crippen LogP) is 4.91. The van der Waals surface area contributed by atoms with Crippen molar-refractivity contribution in [1.29, 1.82) is 0 Å². The summed E-state index contributed by atoms with van der Waals surface area (Å²) in [4.78, 5) is 12.8. The number of hydrogen-bond acceptors (Lipinski definition) is 2. The van der Waals surface area contributed by atoms with Crippen molar-refractivity contribution in [3.63, 3.8) is 0 Å². The first-order valence-electron chi connectivity index (χ1n) is 6.32. The maximum absolute atomic E-state index is 11.7. The molecule has 2 amide bonds. The molecule has 2 N–H and O–H groups in total. The second-order valence-corrected chi connectivity index (χ2v) is 6.23. The van der Waals surface area contributed by atoms with E-state index in [0.717, 1.165) is 15.7 Å². The van der Waals surface area contributed by atoms with E-state index in [0.29, 0.717) is 17.3 Å². The van der Waals surface area contributed by atoms with Gasteiger partial charge >= 0.3 is 6.03 Å². The van der Waals surface area contributed by atoms with Crippen molar-refractivity contribution in [3.8, 4) is 0 Å². The monoisotopic (exact) mass is 340 g/mol. The Morgan fingerprint density at radius 3 is 2.52 bits per heavy atom. The molecular formula is C15H14Cl2N2OS. The Morgan fingerprint density at radius 1 is 1.05 bits per heavy atom. The number of rotatable bonds is 5. The lowest BCUT2D eigenvalue weighted by atomic mass is 10.3. The maximum atomic E-state index is 11.7. The Hall–Kier alpha value is -1.36. The maximum Gasteiger partial charge on any atom is 0.319 e. The lowest BCUT2D eigenvalue weighted by molar-refractivity contribution is 0.252. The molecule has 0 unspecified atom stereocenters. The van der Waals surface area contributed by atoms with E-state index in [4.69, 9.17) is 23.2 Å². The topological polar surface area (TPSA) is 41.1 Å². The van der Waals surface area contributed by atoms with Crippen LogP contribution >= 0.6 is 35.0 Å². The average molecular weight is 341 g/mol. The van der Waals surface area contributed by atoms with Crippen molar-refractivity contribution in [2.45, 2.75) is 4.90 Å². The molecule has 0 radical (unpaired) electrons. The van der Waals surface area contributed by atoms with Crippen LogP contribution in [-0.4, -0.2) is 18.3 Å². The van der Waals surface area contributed by atoms with Crippen LogP contribution in [0.25, 0.3) is 0 Å². The predicted molar refractivity (Wildman–Crippen MR) is 90.6 cm³/mol. The number of benzene rings is 2. The molecule has 0 aromatic heterocycles. The number of thioether (sulfide) groups is 1. The van der Waals surface area contributed by atoms with Crippen LogP contribution in [0.2, 0.25) is 10.0 Å². The first kappa shape index (κ1) is 16.0. The van der Waals surface area contributed by atoms with E-state index in [1.807, 2.05) is 24.3 Å². The van der Waals surface area contributed by atoms with Crippen LogP contribution in [-0.2, 0) is 0 Å². The highest BCUT2D eigenvalue weighted by Gasteiger charge is 2.01. The van der Waals surface area contributed by atoms with E-state index in [2.05, 4.69) is 10.6 Å². The molecule has 0 saturated carbocycles. The number of carbonyl (C=O) groups is 1. The molecule has 6 heteroatoms. The van der Waals surface area contributed by atoms with Gasteiger partial charge in [0.1, 0.15) is 0 Å². The van der Waals surface area contributed by atoms with Crippen LogP contribution in [0.4, 0.5) is 10.5 Å². The van der Waals surface area contributed by atoms with E-state index in [9.17, 15) is 4.79 Å². The van der Waals surface area contributed by atoms with Crippen molar-refractivity contribution in [2.75, 3.05) is 17.6 Å². The molecule has 2 aromatic rings. The van der Waals surface area contributed by atoms with Crippen molar-refractivity contribution in [3.05, 3.63) is 58.6 Å². The summed E-state index contributed by atoms with van der Waals surface area (Å²) in [5.74, 6) is 0.782. The highest BCUT2D eigenvalue weighted by Crippen LogP contribution is 2.19. The van der Waals surface area contributed by atoms with Crippen LogP contribution in [0, 0.1) is 0 Å². The van der Waals surface area contributed by atoms with Crippen molar-refractivity contribution < 1.29 is 4.79 Å². The largest absolute Gasteiger partial charge is 0.337 e.